The molecule has 0 aromatic heterocycles. The van der Waals surface area contributed by atoms with E-state index in [2.05, 4.69) is 15.0 Å². The fraction of sp³-hybridized carbons (Fsp3) is 0.611. The highest BCUT2D eigenvalue weighted by Crippen LogP contribution is 2.23. The van der Waals surface area contributed by atoms with Crippen LogP contribution in [0.2, 0.25) is 0 Å². The molecule has 0 bridgehead atoms. The number of piperidine rings is 1. The molecule has 1 aromatic rings. The topological polar surface area (TPSA) is 44.8 Å². The molecule has 0 saturated carbocycles. The van der Waals surface area contributed by atoms with Crippen LogP contribution in [0.3, 0.4) is 0 Å². The van der Waals surface area contributed by atoms with Crippen molar-refractivity contribution in [3.63, 3.8) is 0 Å². The maximum atomic E-state index is 12.7. The Bertz CT molecular complexity index is 577. The summed E-state index contributed by atoms with van der Waals surface area (Å²) in [5.41, 5.74) is 0.202. The van der Waals surface area contributed by atoms with Crippen molar-refractivity contribution in [2.75, 3.05) is 45.8 Å². The van der Waals surface area contributed by atoms with Crippen LogP contribution in [-0.4, -0.2) is 68.1 Å². The predicted molar refractivity (Wildman–Crippen MR) is 98.3 cm³/mol. The van der Waals surface area contributed by atoms with Gasteiger partial charge >= 0.3 is 6.61 Å². The van der Waals surface area contributed by atoms with Crippen molar-refractivity contribution >= 4 is 18.3 Å². The normalized spacial score (nSPS) is 21.3. The van der Waals surface area contributed by atoms with Gasteiger partial charge in [-0.15, -0.1) is 12.4 Å². The van der Waals surface area contributed by atoms with E-state index in [4.69, 9.17) is 0 Å². The molecular formula is C18H26ClF2N3O2. The Labute approximate surface area is 159 Å². The van der Waals surface area contributed by atoms with Crippen molar-refractivity contribution < 1.29 is 18.3 Å². The molecule has 0 radical (unpaired) electrons. The number of alkyl halides is 2. The lowest BCUT2D eigenvalue weighted by Crippen LogP contribution is -2.50. The predicted octanol–water partition coefficient (Wildman–Crippen LogP) is 2.47. The molecule has 0 spiro atoms. The van der Waals surface area contributed by atoms with Crippen molar-refractivity contribution in [1.29, 1.82) is 0 Å². The van der Waals surface area contributed by atoms with Crippen LogP contribution >= 0.6 is 12.4 Å². The van der Waals surface area contributed by atoms with Gasteiger partial charge in [0.1, 0.15) is 5.75 Å². The van der Waals surface area contributed by atoms with E-state index >= 15 is 0 Å². The van der Waals surface area contributed by atoms with Gasteiger partial charge < -0.3 is 15.0 Å². The van der Waals surface area contributed by atoms with Crippen LogP contribution in [0.5, 0.6) is 5.75 Å². The van der Waals surface area contributed by atoms with E-state index in [1.54, 1.807) is 23.1 Å². The first kappa shape index (κ1) is 20.9. The third-order valence-corrected chi connectivity index (χ3v) is 4.91. The van der Waals surface area contributed by atoms with Gasteiger partial charge in [0.25, 0.3) is 5.91 Å². The van der Waals surface area contributed by atoms with Crippen LogP contribution < -0.4 is 10.1 Å². The van der Waals surface area contributed by atoms with Crippen LogP contribution in [0.4, 0.5) is 8.78 Å². The SMILES string of the molecule is Cl.O=C(c1ccccc1OC(F)F)N1CCN(CC2CCCNC2)CC1. The quantitative estimate of drug-likeness (QED) is 0.840. The molecule has 1 atom stereocenters. The summed E-state index contributed by atoms with van der Waals surface area (Å²) in [5.74, 6) is 0.379. The van der Waals surface area contributed by atoms with Gasteiger partial charge in [0.05, 0.1) is 5.56 Å². The number of rotatable bonds is 5. The number of amides is 1. The Kier molecular flexibility index (Phi) is 8.06. The molecule has 0 aliphatic carbocycles. The van der Waals surface area contributed by atoms with Crippen LogP contribution in [-0.2, 0) is 0 Å². The second-order valence-electron chi connectivity index (χ2n) is 6.68. The Morgan fingerprint density at radius 2 is 1.96 bits per heavy atom. The van der Waals surface area contributed by atoms with Crippen molar-refractivity contribution in [3.8, 4) is 5.75 Å². The molecule has 146 valence electrons. The monoisotopic (exact) mass is 389 g/mol. The molecule has 1 unspecified atom stereocenters. The Hall–Kier alpha value is -1.44. The van der Waals surface area contributed by atoms with Crippen molar-refractivity contribution in [2.45, 2.75) is 19.5 Å². The van der Waals surface area contributed by atoms with E-state index in [0.29, 0.717) is 19.0 Å². The zero-order valence-corrected chi connectivity index (χ0v) is 15.5. The van der Waals surface area contributed by atoms with Crippen LogP contribution in [0, 0.1) is 5.92 Å². The molecule has 2 saturated heterocycles. The molecule has 2 aliphatic rings. The summed E-state index contributed by atoms with van der Waals surface area (Å²) in [6.45, 7) is 3.16. The van der Waals surface area contributed by atoms with Gasteiger partial charge in [-0.25, -0.2) is 0 Å². The molecule has 2 aliphatic heterocycles. The molecule has 26 heavy (non-hydrogen) atoms. The van der Waals surface area contributed by atoms with Gasteiger partial charge in [-0.3, -0.25) is 9.69 Å². The molecule has 1 aromatic carbocycles. The summed E-state index contributed by atoms with van der Waals surface area (Å²) in [6.07, 6.45) is 2.48. The maximum absolute atomic E-state index is 12.7. The summed E-state index contributed by atoms with van der Waals surface area (Å²) < 4.78 is 29.5. The zero-order valence-electron chi connectivity index (χ0n) is 14.7. The number of carbonyl (C=O) groups is 1. The standard InChI is InChI=1S/C18H25F2N3O2.ClH/c19-18(20)25-16-6-2-1-5-15(16)17(24)23-10-8-22(9-11-23)13-14-4-3-7-21-12-14;/h1-2,5-6,14,18,21H,3-4,7-13H2;1H. The average molecular weight is 390 g/mol. The van der Waals surface area contributed by atoms with Crippen LogP contribution in [0.1, 0.15) is 23.2 Å². The molecule has 1 amide bonds. The number of piperazine rings is 1. The fourth-order valence-electron chi connectivity index (χ4n) is 3.59. The third kappa shape index (κ3) is 5.53. The minimum absolute atomic E-state index is 0. The summed E-state index contributed by atoms with van der Waals surface area (Å²) >= 11 is 0. The molecule has 3 rings (SSSR count). The first-order chi connectivity index (χ1) is 12.1. The molecule has 8 heteroatoms. The average Bonchev–Trinajstić information content (AvgIpc) is 2.63. The highest BCUT2D eigenvalue weighted by molar-refractivity contribution is 5.97. The maximum Gasteiger partial charge on any atom is 0.387 e. The lowest BCUT2D eigenvalue weighted by Gasteiger charge is -2.37. The van der Waals surface area contributed by atoms with Crippen molar-refractivity contribution in [2.24, 2.45) is 5.92 Å². The number of hydrogen-bond donors (Lipinski definition) is 1. The van der Waals surface area contributed by atoms with Gasteiger partial charge in [-0.2, -0.15) is 8.78 Å². The Balaban J connectivity index is 0.00000243. The van der Waals surface area contributed by atoms with Gasteiger partial charge in [0.2, 0.25) is 0 Å². The number of carbonyl (C=O) groups excluding carboxylic acids is 1. The number of nitrogens with one attached hydrogen (secondary N) is 1. The first-order valence-electron chi connectivity index (χ1n) is 8.89. The second kappa shape index (κ2) is 10.0. The second-order valence-corrected chi connectivity index (χ2v) is 6.68. The van der Waals surface area contributed by atoms with E-state index < -0.39 is 6.61 Å². The minimum atomic E-state index is -2.94. The molecule has 5 nitrogen and oxygen atoms in total. The van der Waals surface area contributed by atoms with Crippen LogP contribution in [0.25, 0.3) is 0 Å². The summed E-state index contributed by atoms with van der Waals surface area (Å²) in [6, 6.07) is 6.20. The van der Waals surface area contributed by atoms with Crippen molar-refractivity contribution in [1.82, 2.24) is 15.1 Å². The number of halogens is 3. The van der Waals surface area contributed by atoms with E-state index in [9.17, 15) is 13.6 Å². The lowest BCUT2D eigenvalue weighted by molar-refractivity contribution is -0.0503. The number of hydrogen-bond acceptors (Lipinski definition) is 4. The fourth-order valence-corrected chi connectivity index (χ4v) is 3.59. The Morgan fingerprint density at radius 3 is 2.62 bits per heavy atom. The summed E-state index contributed by atoms with van der Waals surface area (Å²) in [5, 5.41) is 3.43. The zero-order chi connectivity index (χ0) is 17.6. The first-order valence-corrected chi connectivity index (χ1v) is 8.89. The third-order valence-electron chi connectivity index (χ3n) is 4.91. The van der Waals surface area contributed by atoms with Gasteiger partial charge in [0, 0.05) is 32.7 Å². The smallest absolute Gasteiger partial charge is 0.387 e. The lowest BCUT2D eigenvalue weighted by atomic mass is 9.99. The van der Waals surface area contributed by atoms with E-state index in [1.165, 1.54) is 18.9 Å². The molecule has 2 heterocycles. The van der Waals surface area contributed by atoms with Gasteiger partial charge in [0.15, 0.2) is 0 Å². The largest absolute Gasteiger partial charge is 0.434 e. The van der Waals surface area contributed by atoms with Crippen LogP contribution in [0.15, 0.2) is 24.3 Å². The highest BCUT2D eigenvalue weighted by atomic mass is 35.5. The number of nitrogens with zero attached hydrogens (tertiary/aromatic N) is 2. The number of para-hydroxylation sites is 1. The summed E-state index contributed by atoms with van der Waals surface area (Å²) in [4.78, 5) is 16.8. The molecular weight excluding hydrogens is 364 g/mol. The molecule has 2 fully saturated rings. The highest BCUT2D eigenvalue weighted by Gasteiger charge is 2.26. The van der Waals surface area contributed by atoms with Crippen molar-refractivity contribution in [3.05, 3.63) is 29.8 Å². The van der Waals surface area contributed by atoms with E-state index in [-0.39, 0.29) is 29.6 Å². The number of ether oxygens (including phenoxy) is 1. The van der Waals surface area contributed by atoms with Gasteiger partial charge in [-0.1, -0.05) is 12.1 Å². The Morgan fingerprint density at radius 1 is 1.23 bits per heavy atom. The number of benzene rings is 1. The minimum Gasteiger partial charge on any atom is -0.434 e. The van der Waals surface area contributed by atoms with E-state index in [1.807, 2.05) is 0 Å². The van der Waals surface area contributed by atoms with E-state index in [0.717, 1.165) is 32.7 Å². The van der Waals surface area contributed by atoms with Gasteiger partial charge in [-0.05, 0) is 44.0 Å². The molecule has 1 N–H and O–H groups in total. The summed E-state index contributed by atoms with van der Waals surface area (Å²) in [7, 11) is 0.